The first-order valence-electron chi connectivity index (χ1n) is 6.89. The Morgan fingerprint density at radius 2 is 1.95 bits per heavy atom. The van der Waals surface area contributed by atoms with Gasteiger partial charge in [0.15, 0.2) is 0 Å². The second-order valence-electron chi connectivity index (χ2n) is 4.46. The van der Waals surface area contributed by atoms with Crippen molar-refractivity contribution in [2.75, 3.05) is 19.8 Å². The number of rotatable bonds is 8. The predicted molar refractivity (Wildman–Crippen MR) is 83.9 cm³/mol. The lowest BCUT2D eigenvalue weighted by Crippen LogP contribution is -2.20. The van der Waals surface area contributed by atoms with Crippen LogP contribution in [0.4, 0.5) is 0 Å². The first-order valence-corrected chi connectivity index (χ1v) is 7.77. The van der Waals surface area contributed by atoms with Crippen LogP contribution < -0.4 is 14.8 Å². The van der Waals surface area contributed by atoms with Gasteiger partial charge in [-0.05, 0) is 43.0 Å². The summed E-state index contributed by atoms with van der Waals surface area (Å²) < 4.78 is 11.1. The fourth-order valence-electron chi connectivity index (χ4n) is 1.85. The lowest BCUT2D eigenvalue weighted by molar-refractivity contribution is 0.306. The molecule has 1 N–H and O–H groups in total. The molecule has 3 nitrogen and oxygen atoms in total. The third kappa shape index (κ3) is 4.54. The van der Waals surface area contributed by atoms with Crippen molar-refractivity contribution in [1.82, 2.24) is 5.32 Å². The highest BCUT2D eigenvalue weighted by Gasteiger charge is 2.00. The van der Waals surface area contributed by atoms with E-state index in [9.17, 15) is 0 Å². The Kier molecular flexibility index (Phi) is 5.89. The maximum atomic E-state index is 5.70. The van der Waals surface area contributed by atoms with E-state index in [2.05, 4.69) is 23.7 Å². The fraction of sp³-hybridized carbons (Fsp3) is 0.375. The molecule has 0 aliphatic rings. The first-order chi connectivity index (χ1) is 9.79. The van der Waals surface area contributed by atoms with E-state index in [1.165, 1.54) is 10.4 Å². The Hall–Kier alpha value is -1.52. The molecule has 0 spiro atoms. The first kappa shape index (κ1) is 14.9. The third-order valence-corrected chi connectivity index (χ3v) is 3.94. The molecule has 0 unspecified atom stereocenters. The highest BCUT2D eigenvalue weighted by molar-refractivity contribution is 7.10. The summed E-state index contributed by atoms with van der Waals surface area (Å²) in [5.74, 6) is 1.71. The maximum absolute atomic E-state index is 5.70. The van der Waals surface area contributed by atoms with Gasteiger partial charge in [-0.15, -0.1) is 11.3 Å². The molecule has 0 fully saturated rings. The second kappa shape index (κ2) is 7.92. The molecule has 1 aromatic heterocycles. The zero-order valence-electron chi connectivity index (χ0n) is 12.0. The highest BCUT2D eigenvalue weighted by Crippen LogP contribution is 2.19. The minimum atomic E-state index is 0.653. The van der Waals surface area contributed by atoms with Gasteiger partial charge in [0, 0.05) is 24.0 Å². The summed E-state index contributed by atoms with van der Waals surface area (Å²) in [4.78, 5) is 1.39. The van der Waals surface area contributed by atoms with Crippen molar-refractivity contribution >= 4 is 11.3 Å². The van der Waals surface area contributed by atoms with E-state index in [1.807, 2.05) is 31.2 Å². The van der Waals surface area contributed by atoms with Gasteiger partial charge in [-0.2, -0.15) is 0 Å². The zero-order chi connectivity index (χ0) is 14.2. The molecule has 0 saturated heterocycles. The van der Waals surface area contributed by atoms with Gasteiger partial charge in [0.2, 0.25) is 0 Å². The lowest BCUT2D eigenvalue weighted by Gasteiger charge is -2.09. The Morgan fingerprint density at radius 1 is 1.15 bits per heavy atom. The minimum absolute atomic E-state index is 0.653. The molecule has 2 aromatic rings. The Morgan fingerprint density at radius 3 is 2.65 bits per heavy atom. The third-order valence-electron chi connectivity index (χ3n) is 2.92. The SMILES string of the molecule is CCOc1cccc(OCCNCc2sccc2C)c1. The van der Waals surface area contributed by atoms with Crippen molar-refractivity contribution in [3.05, 3.63) is 46.2 Å². The van der Waals surface area contributed by atoms with Crippen LogP contribution in [0.2, 0.25) is 0 Å². The van der Waals surface area contributed by atoms with E-state index in [0.717, 1.165) is 24.6 Å². The number of ether oxygens (including phenoxy) is 2. The van der Waals surface area contributed by atoms with Crippen LogP contribution in [0.3, 0.4) is 0 Å². The van der Waals surface area contributed by atoms with E-state index in [1.54, 1.807) is 11.3 Å². The quantitative estimate of drug-likeness (QED) is 0.753. The minimum Gasteiger partial charge on any atom is -0.494 e. The van der Waals surface area contributed by atoms with E-state index in [0.29, 0.717) is 13.2 Å². The van der Waals surface area contributed by atoms with Gasteiger partial charge >= 0.3 is 0 Å². The molecule has 1 heterocycles. The summed E-state index contributed by atoms with van der Waals surface area (Å²) in [5.41, 5.74) is 1.35. The van der Waals surface area contributed by atoms with Crippen LogP contribution in [0.25, 0.3) is 0 Å². The Balaban J connectivity index is 1.68. The second-order valence-corrected chi connectivity index (χ2v) is 5.46. The summed E-state index contributed by atoms with van der Waals surface area (Å²) in [6, 6.07) is 9.91. The maximum Gasteiger partial charge on any atom is 0.123 e. The molecular weight excluding hydrogens is 270 g/mol. The van der Waals surface area contributed by atoms with Crippen molar-refractivity contribution in [2.24, 2.45) is 0 Å². The van der Waals surface area contributed by atoms with Crippen molar-refractivity contribution in [3.8, 4) is 11.5 Å². The summed E-state index contributed by atoms with van der Waals surface area (Å²) in [6.07, 6.45) is 0. The number of benzene rings is 1. The van der Waals surface area contributed by atoms with Crippen LogP contribution in [0.1, 0.15) is 17.4 Å². The molecule has 20 heavy (non-hydrogen) atoms. The van der Waals surface area contributed by atoms with Crippen LogP contribution >= 0.6 is 11.3 Å². The molecule has 0 amide bonds. The summed E-state index contributed by atoms with van der Waals surface area (Å²) in [5, 5.41) is 5.52. The van der Waals surface area contributed by atoms with E-state index in [4.69, 9.17) is 9.47 Å². The summed E-state index contributed by atoms with van der Waals surface area (Å²) in [6.45, 7) is 7.18. The molecule has 0 aliphatic carbocycles. The summed E-state index contributed by atoms with van der Waals surface area (Å²) >= 11 is 1.79. The standard InChI is InChI=1S/C16H21NO2S/c1-3-18-14-5-4-6-15(11-14)19-9-8-17-12-16-13(2)7-10-20-16/h4-7,10-11,17H,3,8-9,12H2,1-2H3. The van der Waals surface area contributed by atoms with E-state index < -0.39 is 0 Å². The predicted octanol–water partition coefficient (Wildman–Crippen LogP) is 3.62. The van der Waals surface area contributed by atoms with Crippen LogP contribution in [0, 0.1) is 6.92 Å². The molecule has 0 aliphatic heterocycles. The molecule has 108 valence electrons. The molecule has 2 rings (SSSR count). The van der Waals surface area contributed by atoms with Crippen molar-refractivity contribution in [3.63, 3.8) is 0 Å². The Bertz CT molecular complexity index is 525. The van der Waals surface area contributed by atoms with Crippen LogP contribution in [-0.2, 0) is 6.54 Å². The molecule has 4 heteroatoms. The normalized spacial score (nSPS) is 10.5. The van der Waals surface area contributed by atoms with Crippen LogP contribution in [0.15, 0.2) is 35.7 Å². The largest absolute Gasteiger partial charge is 0.494 e. The number of hydrogen-bond acceptors (Lipinski definition) is 4. The van der Waals surface area contributed by atoms with Gasteiger partial charge in [0.1, 0.15) is 18.1 Å². The fourth-order valence-corrected chi connectivity index (χ4v) is 2.72. The average Bonchev–Trinajstić information content (AvgIpc) is 2.85. The molecule has 1 aromatic carbocycles. The van der Waals surface area contributed by atoms with Gasteiger partial charge in [-0.1, -0.05) is 6.07 Å². The van der Waals surface area contributed by atoms with Crippen molar-refractivity contribution in [2.45, 2.75) is 20.4 Å². The number of hydrogen-bond donors (Lipinski definition) is 1. The molecule has 0 radical (unpaired) electrons. The monoisotopic (exact) mass is 291 g/mol. The van der Waals surface area contributed by atoms with Crippen LogP contribution in [-0.4, -0.2) is 19.8 Å². The Labute approximate surface area is 124 Å². The lowest BCUT2D eigenvalue weighted by atomic mass is 10.3. The zero-order valence-corrected chi connectivity index (χ0v) is 12.8. The topological polar surface area (TPSA) is 30.5 Å². The van der Waals surface area contributed by atoms with Gasteiger partial charge in [0.25, 0.3) is 0 Å². The highest BCUT2D eigenvalue weighted by atomic mass is 32.1. The molecular formula is C16H21NO2S. The molecule has 0 saturated carbocycles. The average molecular weight is 291 g/mol. The number of aryl methyl sites for hydroxylation is 1. The number of thiophene rings is 1. The van der Waals surface area contributed by atoms with Gasteiger partial charge < -0.3 is 14.8 Å². The number of nitrogens with one attached hydrogen (secondary N) is 1. The van der Waals surface area contributed by atoms with Gasteiger partial charge in [-0.3, -0.25) is 0 Å². The van der Waals surface area contributed by atoms with E-state index >= 15 is 0 Å². The van der Waals surface area contributed by atoms with Gasteiger partial charge in [0.05, 0.1) is 6.61 Å². The molecule has 0 atom stereocenters. The van der Waals surface area contributed by atoms with Crippen molar-refractivity contribution < 1.29 is 9.47 Å². The van der Waals surface area contributed by atoms with E-state index in [-0.39, 0.29) is 0 Å². The van der Waals surface area contributed by atoms with Crippen LogP contribution in [0.5, 0.6) is 11.5 Å². The van der Waals surface area contributed by atoms with Gasteiger partial charge in [-0.25, -0.2) is 0 Å². The smallest absolute Gasteiger partial charge is 0.123 e. The van der Waals surface area contributed by atoms with Crippen molar-refractivity contribution in [1.29, 1.82) is 0 Å². The summed E-state index contributed by atoms with van der Waals surface area (Å²) in [7, 11) is 0. The molecule has 0 bridgehead atoms.